The van der Waals surface area contributed by atoms with Crippen LogP contribution in [0.3, 0.4) is 0 Å². The predicted molar refractivity (Wildman–Crippen MR) is 119 cm³/mol. The van der Waals surface area contributed by atoms with Crippen LogP contribution in [0.25, 0.3) is 0 Å². The molecule has 0 aromatic heterocycles. The number of ether oxygens (including phenoxy) is 3. The highest BCUT2D eigenvalue weighted by Crippen LogP contribution is 2.70. The third-order valence-corrected chi connectivity index (χ3v) is 9.55. The summed E-state index contributed by atoms with van der Waals surface area (Å²) in [4.78, 5) is 12.9. The van der Waals surface area contributed by atoms with E-state index in [9.17, 15) is 9.90 Å². The molecule has 3 aliphatic carbocycles. The lowest BCUT2D eigenvalue weighted by molar-refractivity contribution is -0.244. The molecule has 4 rings (SSSR count). The summed E-state index contributed by atoms with van der Waals surface area (Å²) >= 11 is 0. The number of hydrogen-bond donors (Lipinski definition) is 1. The minimum atomic E-state index is -0.672. The molecule has 1 aliphatic heterocycles. The van der Waals surface area contributed by atoms with Crippen molar-refractivity contribution in [1.82, 2.24) is 0 Å². The molecule has 1 heterocycles. The Hall–Kier alpha value is -1.33. The van der Waals surface area contributed by atoms with E-state index in [1.807, 2.05) is 0 Å². The molecule has 31 heavy (non-hydrogen) atoms. The number of allylic oxidation sites excluding steroid dienone is 3. The quantitative estimate of drug-likeness (QED) is 0.446. The Morgan fingerprint density at radius 3 is 2.42 bits per heavy atom. The van der Waals surface area contributed by atoms with E-state index in [0.717, 1.165) is 32.1 Å². The van der Waals surface area contributed by atoms with E-state index in [2.05, 4.69) is 34.6 Å². The zero-order valence-electron chi connectivity index (χ0n) is 20.2. The Morgan fingerprint density at radius 2 is 1.81 bits per heavy atom. The van der Waals surface area contributed by atoms with E-state index in [1.54, 1.807) is 0 Å². The maximum atomic E-state index is 12.9. The SMILES string of the molecule is COC(=O)C1=C(O)C[C@]2(C)C3(CC[C@@]2(C)[C@H]1CCC1=C(C)CCCC1(C)C)OCCO3. The van der Waals surface area contributed by atoms with Crippen molar-refractivity contribution in [2.75, 3.05) is 20.3 Å². The molecule has 0 radical (unpaired) electrons. The molecule has 4 aliphatic rings. The number of fused-ring (bicyclic) bond motifs is 2. The molecule has 3 atom stereocenters. The molecule has 1 spiro atoms. The molecular formula is C26H40O5. The van der Waals surface area contributed by atoms with Gasteiger partial charge in [0.1, 0.15) is 5.76 Å². The molecule has 0 bridgehead atoms. The summed E-state index contributed by atoms with van der Waals surface area (Å²) in [5.74, 6) is -1.00. The second-order valence-corrected chi connectivity index (χ2v) is 11.3. The van der Waals surface area contributed by atoms with Gasteiger partial charge in [-0.2, -0.15) is 0 Å². The number of esters is 1. The Labute approximate surface area is 187 Å². The van der Waals surface area contributed by atoms with Crippen molar-refractivity contribution >= 4 is 5.97 Å². The highest BCUT2D eigenvalue weighted by atomic mass is 16.7. The molecular weight excluding hydrogens is 392 g/mol. The zero-order valence-corrected chi connectivity index (χ0v) is 20.2. The van der Waals surface area contributed by atoms with Crippen LogP contribution in [0.15, 0.2) is 22.5 Å². The maximum Gasteiger partial charge on any atom is 0.337 e. The summed E-state index contributed by atoms with van der Waals surface area (Å²) in [5.41, 5.74) is 3.07. The van der Waals surface area contributed by atoms with Crippen LogP contribution in [0.2, 0.25) is 0 Å². The average molecular weight is 433 g/mol. The first-order valence-corrected chi connectivity index (χ1v) is 12.0. The van der Waals surface area contributed by atoms with Gasteiger partial charge in [-0.25, -0.2) is 4.79 Å². The summed E-state index contributed by atoms with van der Waals surface area (Å²) < 4.78 is 17.6. The molecule has 5 nitrogen and oxygen atoms in total. The number of methoxy groups -OCH3 is 1. The van der Waals surface area contributed by atoms with Gasteiger partial charge in [0.15, 0.2) is 5.79 Å². The van der Waals surface area contributed by atoms with Crippen LogP contribution >= 0.6 is 0 Å². The Kier molecular flexibility index (Phi) is 5.62. The second kappa shape index (κ2) is 7.62. The maximum absolute atomic E-state index is 12.9. The Balaban J connectivity index is 1.74. The van der Waals surface area contributed by atoms with Gasteiger partial charge in [-0.15, -0.1) is 0 Å². The predicted octanol–water partition coefficient (Wildman–Crippen LogP) is 5.85. The average Bonchev–Trinajstić information content (AvgIpc) is 3.26. The number of aliphatic hydroxyl groups is 1. The monoisotopic (exact) mass is 432 g/mol. The fourth-order valence-electron chi connectivity index (χ4n) is 7.52. The molecule has 1 saturated carbocycles. The highest BCUT2D eigenvalue weighted by Gasteiger charge is 2.71. The zero-order chi connectivity index (χ0) is 22.7. The molecule has 2 fully saturated rings. The largest absolute Gasteiger partial charge is 0.512 e. The van der Waals surface area contributed by atoms with Crippen LogP contribution < -0.4 is 0 Å². The topological polar surface area (TPSA) is 65.0 Å². The lowest BCUT2D eigenvalue weighted by Gasteiger charge is -2.54. The van der Waals surface area contributed by atoms with Crippen molar-refractivity contribution in [3.05, 3.63) is 22.5 Å². The van der Waals surface area contributed by atoms with Gasteiger partial charge in [0.05, 0.1) is 25.9 Å². The van der Waals surface area contributed by atoms with Crippen LogP contribution in [-0.2, 0) is 19.0 Å². The third kappa shape index (κ3) is 3.21. The normalized spacial score (nSPS) is 36.8. The summed E-state index contributed by atoms with van der Waals surface area (Å²) in [7, 11) is 1.41. The molecule has 0 aromatic rings. The molecule has 0 unspecified atom stereocenters. The fourth-order valence-corrected chi connectivity index (χ4v) is 7.52. The highest BCUT2D eigenvalue weighted by molar-refractivity contribution is 5.90. The first-order chi connectivity index (χ1) is 14.5. The van der Waals surface area contributed by atoms with Gasteiger partial charge in [0.25, 0.3) is 0 Å². The molecule has 1 saturated heterocycles. The van der Waals surface area contributed by atoms with Crippen molar-refractivity contribution in [2.45, 2.75) is 91.8 Å². The first kappa shape index (κ1) is 22.8. The van der Waals surface area contributed by atoms with Crippen LogP contribution in [0.5, 0.6) is 0 Å². The summed E-state index contributed by atoms with van der Waals surface area (Å²) in [6.45, 7) is 12.6. The van der Waals surface area contributed by atoms with Gasteiger partial charge in [0.2, 0.25) is 0 Å². The van der Waals surface area contributed by atoms with Crippen LogP contribution in [0, 0.1) is 22.2 Å². The van der Waals surface area contributed by atoms with Crippen LogP contribution in [0.4, 0.5) is 0 Å². The minimum absolute atomic E-state index is 0.0936. The van der Waals surface area contributed by atoms with E-state index < -0.39 is 17.2 Å². The summed E-state index contributed by atoms with van der Waals surface area (Å²) in [5, 5.41) is 11.2. The van der Waals surface area contributed by atoms with Crippen molar-refractivity contribution in [3.8, 4) is 0 Å². The van der Waals surface area contributed by atoms with E-state index >= 15 is 0 Å². The van der Waals surface area contributed by atoms with Crippen molar-refractivity contribution in [1.29, 1.82) is 0 Å². The summed E-state index contributed by atoms with van der Waals surface area (Å²) in [6.07, 6.45) is 7.47. The van der Waals surface area contributed by atoms with E-state index in [1.165, 1.54) is 31.1 Å². The third-order valence-electron chi connectivity index (χ3n) is 9.55. The number of rotatable bonds is 4. The van der Waals surface area contributed by atoms with E-state index in [0.29, 0.717) is 25.2 Å². The Bertz CT molecular complexity index is 816. The van der Waals surface area contributed by atoms with E-state index in [4.69, 9.17) is 14.2 Å². The summed E-state index contributed by atoms with van der Waals surface area (Å²) in [6, 6.07) is 0. The van der Waals surface area contributed by atoms with E-state index in [-0.39, 0.29) is 22.5 Å². The molecule has 5 heteroatoms. The number of carbonyl (C=O) groups is 1. The fraction of sp³-hybridized carbons (Fsp3) is 0.808. The van der Waals surface area contributed by atoms with Gasteiger partial charge in [-0.3, -0.25) is 0 Å². The van der Waals surface area contributed by atoms with Crippen molar-refractivity contribution in [2.24, 2.45) is 22.2 Å². The lowest BCUT2D eigenvalue weighted by Crippen LogP contribution is -2.55. The van der Waals surface area contributed by atoms with Gasteiger partial charge < -0.3 is 19.3 Å². The number of hydrogen-bond acceptors (Lipinski definition) is 5. The number of aliphatic hydroxyl groups excluding tert-OH is 1. The van der Waals surface area contributed by atoms with Crippen LogP contribution in [0.1, 0.15) is 86.0 Å². The lowest BCUT2D eigenvalue weighted by atomic mass is 9.52. The molecule has 0 aromatic carbocycles. The van der Waals surface area contributed by atoms with Gasteiger partial charge in [0, 0.05) is 24.2 Å². The van der Waals surface area contributed by atoms with Crippen molar-refractivity contribution in [3.63, 3.8) is 0 Å². The first-order valence-electron chi connectivity index (χ1n) is 12.0. The van der Waals surface area contributed by atoms with Gasteiger partial charge in [-0.05, 0) is 56.3 Å². The molecule has 0 amide bonds. The molecule has 1 N–H and O–H groups in total. The minimum Gasteiger partial charge on any atom is -0.512 e. The second-order valence-electron chi connectivity index (χ2n) is 11.3. The standard InChI is InChI=1S/C26H40O5/c1-17-8-7-11-23(2,3)18(17)9-10-19-21(22(28)29-6)20(27)16-25(5)24(19,4)12-13-26(25)30-14-15-31-26/h19,27H,7-16H2,1-6H3/t19-,24-,25-/m0/s1. The smallest absolute Gasteiger partial charge is 0.337 e. The van der Waals surface area contributed by atoms with Gasteiger partial charge >= 0.3 is 5.97 Å². The van der Waals surface area contributed by atoms with Crippen molar-refractivity contribution < 1.29 is 24.1 Å². The molecule has 174 valence electrons. The number of carbonyl (C=O) groups excluding carboxylic acids is 1. The van der Waals surface area contributed by atoms with Crippen LogP contribution in [-0.4, -0.2) is 37.2 Å². The van der Waals surface area contributed by atoms with Gasteiger partial charge in [-0.1, -0.05) is 38.8 Å². The Morgan fingerprint density at radius 1 is 1.13 bits per heavy atom.